The highest BCUT2D eigenvalue weighted by atomic mass is 14.3. The summed E-state index contributed by atoms with van der Waals surface area (Å²) in [6.45, 7) is 7.18. The van der Waals surface area contributed by atoms with Gasteiger partial charge in [-0.3, -0.25) is 0 Å². The Morgan fingerprint density at radius 2 is 1.60 bits per heavy atom. The molecular formula is C10H20. The van der Waals surface area contributed by atoms with E-state index in [0.717, 1.165) is 17.8 Å². The van der Waals surface area contributed by atoms with Crippen LogP contribution in [0.25, 0.3) is 0 Å². The van der Waals surface area contributed by atoms with E-state index in [9.17, 15) is 0 Å². The molecule has 1 rings (SSSR count). The van der Waals surface area contributed by atoms with Crippen LogP contribution >= 0.6 is 0 Å². The molecule has 0 nitrogen and oxygen atoms in total. The highest BCUT2D eigenvalue weighted by Gasteiger charge is 2.25. The van der Waals surface area contributed by atoms with Gasteiger partial charge in [-0.1, -0.05) is 46.5 Å². The first-order valence-corrected chi connectivity index (χ1v) is 4.75. The van der Waals surface area contributed by atoms with Crippen molar-refractivity contribution in [2.75, 3.05) is 0 Å². The average Bonchev–Trinajstić information content (AvgIpc) is 1.88. The van der Waals surface area contributed by atoms with Crippen molar-refractivity contribution in [1.29, 1.82) is 0 Å². The van der Waals surface area contributed by atoms with E-state index >= 15 is 0 Å². The minimum atomic E-state index is 0.994. The Bertz CT molecular complexity index is 86.2. The van der Waals surface area contributed by atoms with E-state index in [-0.39, 0.29) is 0 Å². The largest absolute Gasteiger partial charge is 0.0651 e. The highest BCUT2D eigenvalue weighted by molar-refractivity contribution is 4.76. The minimum absolute atomic E-state index is 0.994. The molecule has 2 unspecified atom stereocenters. The third kappa shape index (κ3) is 1.53. The van der Waals surface area contributed by atoms with Crippen LogP contribution in [0.4, 0.5) is 0 Å². The number of rotatable bonds is 1. The molecular weight excluding hydrogens is 120 g/mol. The molecule has 1 aliphatic carbocycles. The standard InChI is InChI=1S/C10H20/c1-4-10-8(2)6-5-7-9(10)3/h8-10H,4-7H2,1-3H3. The van der Waals surface area contributed by atoms with Gasteiger partial charge in [-0.2, -0.15) is 0 Å². The van der Waals surface area contributed by atoms with Crippen LogP contribution in [0.3, 0.4) is 0 Å². The quantitative estimate of drug-likeness (QED) is 0.523. The van der Waals surface area contributed by atoms with E-state index in [4.69, 9.17) is 0 Å². The summed E-state index contributed by atoms with van der Waals surface area (Å²) in [6, 6.07) is 0. The van der Waals surface area contributed by atoms with E-state index < -0.39 is 0 Å². The average molecular weight is 140 g/mol. The van der Waals surface area contributed by atoms with Gasteiger partial charge in [0, 0.05) is 0 Å². The maximum Gasteiger partial charge on any atom is -0.0365 e. The van der Waals surface area contributed by atoms with Crippen LogP contribution in [-0.2, 0) is 0 Å². The van der Waals surface area contributed by atoms with Gasteiger partial charge in [-0.05, 0) is 17.8 Å². The molecule has 0 aromatic rings. The van der Waals surface area contributed by atoms with Crippen molar-refractivity contribution in [2.45, 2.75) is 46.5 Å². The molecule has 0 bridgehead atoms. The first-order valence-electron chi connectivity index (χ1n) is 4.75. The zero-order valence-electron chi connectivity index (χ0n) is 7.56. The zero-order chi connectivity index (χ0) is 7.56. The molecule has 0 saturated heterocycles. The molecule has 0 aromatic heterocycles. The van der Waals surface area contributed by atoms with Gasteiger partial charge < -0.3 is 0 Å². The van der Waals surface area contributed by atoms with Crippen molar-refractivity contribution in [2.24, 2.45) is 17.8 Å². The molecule has 2 atom stereocenters. The smallest absolute Gasteiger partial charge is 0.0365 e. The van der Waals surface area contributed by atoms with Crippen LogP contribution in [0.2, 0.25) is 0 Å². The Hall–Kier alpha value is 0. The molecule has 1 aliphatic rings. The number of hydrogen-bond donors (Lipinski definition) is 0. The molecule has 0 spiro atoms. The van der Waals surface area contributed by atoms with Gasteiger partial charge >= 0.3 is 0 Å². The van der Waals surface area contributed by atoms with Crippen molar-refractivity contribution in [3.8, 4) is 0 Å². The summed E-state index contributed by atoms with van der Waals surface area (Å²) in [5, 5.41) is 0. The predicted octanol–water partition coefficient (Wildman–Crippen LogP) is 3.47. The van der Waals surface area contributed by atoms with Crippen molar-refractivity contribution in [3.05, 3.63) is 0 Å². The third-order valence-corrected chi connectivity index (χ3v) is 3.25. The lowest BCUT2D eigenvalue weighted by Gasteiger charge is -2.33. The summed E-state index contributed by atoms with van der Waals surface area (Å²) < 4.78 is 0. The van der Waals surface area contributed by atoms with Gasteiger partial charge in [-0.15, -0.1) is 0 Å². The van der Waals surface area contributed by atoms with Crippen molar-refractivity contribution < 1.29 is 0 Å². The molecule has 0 N–H and O–H groups in total. The predicted molar refractivity (Wildman–Crippen MR) is 46.0 cm³/mol. The van der Waals surface area contributed by atoms with E-state index in [1.54, 1.807) is 0 Å². The highest BCUT2D eigenvalue weighted by Crippen LogP contribution is 2.35. The fourth-order valence-corrected chi connectivity index (χ4v) is 2.56. The Kier molecular flexibility index (Phi) is 2.76. The molecule has 0 aliphatic heterocycles. The topological polar surface area (TPSA) is 0 Å². The summed E-state index contributed by atoms with van der Waals surface area (Å²) in [6.07, 6.45) is 5.81. The van der Waals surface area contributed by atoms with Crippen LogP contribution in [0.1, 0.15) is 46.5 Å². The Labute approximate surface area is 65.0 Å². The van der Waals surface area contributed by atoms with Crippen LogP contribution in [0, 0.1) is 17.8 Å². The molecule has 0 aromatic carbocycles. The zero-order valence-corrected chi connectivity index (χ0v) is 7.56. The van der Waals surface area contributed by atoms with Crippen LogP contribution < -0.4 is 0 Å². The van der Waals surface area contributed by atoms with E-state index in [1.165, 1.54) is 25.7 Å². The van der Waals surface area contributed by atoms with E-state index in [1.807, 2.05) is 0 Å². The van der Waals surface area contributed by atoms with Gasteiger partial charge in [0.1, 0.15) is 0 Å². The SMILES string of the molecule is CCC1C(C)CCCC1C. The minimum Gasteiger partial charge on any atom is -0.0651 e. The Balaban J connectivity index is 2.45. The normalized spacial score (nSPS) is 41.7. The summed E-state index contributed by atoms with van der Waals surface area (Å²) in [7, 11) is 0. The lowest BCUT2D eigenvalue weighted by Crippen LogP contribution is -2.23. The molecule has 10 heavy (non-hydrogen) atoms. The monoisotopic (exact) mass is 140 g/mol. The van der Waals surface area contributed by atoms with Crippen molar-refractivity contribution in [1.82, 2.24) is 0 Å². The molecule has 0 radical (unpaired) electrons. The molecule has 60 valence electrons. The lowest BCUT2D eigenvalue weighted by atomic mass is 9.72. The summed E-state index contributed by atoms with van der Waals surface area (Å²) in [5.74, 6) is 3.01. The maximum atomic E-state index is 2.42. The number of hydrogen-bond acceptors (Lipinski definition) is 0. The first kappa shape index (κ1) is 8.10. The first-order chi connectivity index (χ1) is 4.75. The van der Waals surface area contributed by atoms with Gasteiger partial charge in [0.15, 0.2) is 0 Å². The summed E-state index contributed by atoms with van der Waals surface area (Å²) >= 11 is 0. The molecule has 0 heterocycles. The summed E-state index contributed by atoms with van der Waals surface area (Å²) in [5.41, 5.74) is 0. The van der Waals surface area contributed by atoms with Gasteiger partial charge in [0.25, 0.3) is 0 Å². The van der Waals surface area contributed by atoms with Crippen molar-refractivity contribution >= 4 is 0 Å². The Morgan fingerprint density at radius 3 is 1.90 bits per heavy atom. The van der Waals surface area contributed by atoms with Crippen LogP contribution in [0.15, 0.2) is 0 Å². The van der Waals surface area contributed by atoms with Crippen LogP contribution in [-0.4, -0.2) is 0 Å². The Morgan fingerprint density at radius 1 is 1.10 bits per heavy atom. The van der Waals surface area contributed by atoms with Crippen molar-refractivity contribution in [3.63, 3.8) is 0 Å². The van der Waals surface area contributed by atoms with E-state index in [0.29, 0.717) is 0 Å². The second kappa shape index (κ2) is 3.41. The molecule has 0 heteroatoms. The maximum absolute atomic E-state index is 2.42. The summed E-state index contributed by atoms with van der Waals surface area (Å²) in [4.78, 5) is 0. The lowest BCUT2D eigenvalue weighted by molar-refractivity contribution is 0.174. The van der Waals surface area contributed by atoms with Gasteiger partial charge in [0.05, 0.1) is 0 Å². The van der Waals surface area contributed by atoms with Crippen LogP contribution in [0.5, 0.6) is 0 Å². The van der Waals surface area contributed by atoms with Gasteiger partial charge in [-0.25, -0.2) is 0 Å². The second-order valence-electron chi connectivity index (χ2n) is 3.96. The molecule has 0 amide bonds. The second-order valence-corrected chi connectivity index (χ2v) is 3.96. The fourth-order valence-electron chi connectivity index (χ4n) is 2.56. The fraction of sp³-hybridized carbons (Fsp3) is 1.00. The van der Waals surface area contributed by atoms with E-state index in [2.05, 4.69) is 20.8 Å². The van der Waals surface area contributed by atoms with Gasteiger partial charge in [0.2, 0.25) is 0 Å². The third-order valence-electron chi connectivity index (χ3n) is 3.25. The molecule has 1 fully saturated rings. The molecule has 1 saturated carbocycles.